The van der Waals surface area contributed by atoms with Gasteiger partial charge in [0.25, 0.3) is 11.5 Å². The zero-order chi connectivity index (χ0) is 27.1. The highest BCUT2D eigenvalue weighted by atomic mass is 16.3. The van der Waals surface area contributed by atoms with Crippen molar-refractivity contribution in [1.29, 1.82) is 0 Å². The average molecular weight is 527 g/mol. The highest BCUT2D eigenvalue weighted by Crippen LogP contribution is 2.33. The summed E-state index contributed by atoms with van der Waals surface area (Å²) in [6.07, 6.45) is 5.65. The first kappa shape index (κ1) is 25.0. The maximum absolute atomic E-state index is 13.3. The second kappa shape index (κ2) is 9.77. The molecule has 200 valence electrons. The van der Waals surface area contributed by atoms with Gasteiger partial charge in [-0.1, -0.05) is 23.8 Å². The van der Waals surface area contributed by atoms with Crippen LogP contribution < -0.4 is 10.9 Å². The fourth-order valence-electron chi connectivity index (χ4n) is 5.08. The maximum atomic E-state index is 13.3. The summed E-state index contributed by atoms with van der Waals surface area (Å²) < 4.78 is 2.98. The van der Waals surface area contributed by atoms with Gasteiger partial charge in [-0.3, -0.25) is 19.0 Å². The van der Waals surface area contributed by atoms with Gasteiger partial charge in [0.1, 0.15) is 11.7 Å². The van der Waals surface area contributed by atoms with Gasteiger partial charge in [-0.25, -0.2) is 9.67 Å². The Morgan fingerprint density at radius 1 is 1.10 bits per heavy atom. The molecule has 39 heavy (non-hydrogen) atoms. The number of nitrogens with one attached hydrogen (secondary N) is 1. The van der Waals surface area contributed by atoms with Crippen LogP contribution in [-0.2, 0) is 11.3 Å². The summed E-state index contributed by atoms with van der Waals surface area (Å²) in [6, 6.07) is 14.5. The Bertz CT molecular complexity index is 1610. The molecule has 10 nitrogen and oxygen atoms in total. The molecule has 2 aromatic carbocycles. The summed E-state index contributed by atoms with van der Waals surface area (Å²) in [4.78, 5) is 44.6. The second-order valence-electron chi connectivity index (χ2n) is 10.7. The number of hydrogen-bond acceptors (Lipinski definition) is 6. The third-order valence-corrected chi connectivity index (χ3v) is 7.61. The fourth-order valence-corrected chi connectivity index (χ4v) is 5.08. The molecule has 0 bridgehead atoms. The molecule has 4 aromatic rings. The molecule has 0 atom stereocenters. The molecule has 1 aliphatic heterocycles. The zero-order valence-electron chi connectivity index (χ0n) is 21.7. The number of carbonyl (C=O) groups excluding carboxylic acids is 2. The topological polar surface area (TPSA) is 122 Å². The third kappa shape index (κ3) is 5.07. The molecular weight excluding hydrogens is 496 g/mol. The number of amides is 2. The highest BCUT2D eigenvalue weighted by molar-refractivity contribution is 6.04. The van der Waals surface area contributed by atoms with Crippen LogP contribution in [0.15, 0.2) is 65.8 Å². The quantitative estimate of drug-likeness (QED) is 0.398. The van der Waals surface area contributed by atoms with Crippen molar-refractivity contribution in [2.75, 3.05) is 18.4 Å². The molecular formula is C29H30N6O4. The normalized spacial score (nSPS) is 16.8. The Balaban J connectivity index is 1.19. The number of benzene rings is 2. The van der Waals surface area contributed by atoms with Crippen LogP contribution in [0, 0.1) is 12.8 Å². The van der Waals surface area contributed by atoms with E-state index in [0.29, 0.717) is 53.9 Å². The number of aliphatic hydroxyl groups is 1. The van der Waals surface area contributed by atoms with Gasteiger partial charge in [0.2, 0.25) is 5.91 Å². The molecule has 2 N–H and O–H groups in total. The van der Waals surface area contributed by atoms with Crippen molar-refractivity contribution in [2.45, 2.75) is 44.8 Å². The molecule has 6 rings (SSSR count). The van der Waals surface area contributed by atoms with Crippen LogP contribution in [0.2, 0.25) is 0 Å². The first-order valence-electron chi connectivity index (χ1n) is 13.2. The van der Waals surface area contributed by atoms with E-state index in [4.69, 9.17) is 0 Å². The van der Waals surface area contributed by atoms with Crippen LogP contribution in [0.3, 0.4) is 0 Å². The van der Waals surface area contributed by atoms with Crippen LogP contribution in [0.25, 0.3) is 16.7 Å². The number of likely N-dealkylation sites (tertiary alicyclic amines) is 1. The lowest BCUT2D eigenvalue weighted by Gasteiger charge is -2.38. The lowest BCUT2D eigenvalue weighted by atomic mass is 9.91. The predicted molar refractivity (Wildman–Crippen MR) is 146 cm³/mol. The van der Waals surface area contributed by atoms with Crippen molar-refractivity contribution in [2.24, 2.45) is 5.92 Å². The molecule has 0 unspecified atom stereocenters. The Morgan fingerprint density at radius 3 is 2.56 bits per heavy atom. The van der Waals surface area contributed by atoms with Crippen LogP contribution in [0.5, 0.6) is 0 Å². The van der Waals surface area contributed by atoms with E-state index in [9.17, 15) is 19.5 Å². The SMILES string of the molecule is Cc1ccc(C(=O)Nc2cccc(-n3ncc4c(=O)n(CC5(O)CCN(C(=O)C6CC6)CC5)cnc43)c2)cc1. The van der Waals surface area contributed by atoms with Gasteiger partial charge in [-0.05, 0) is 62.9 Å². The van der Waals surface area contributed by atoms with Crippen molar-refractivity contribution >= 4 is 28.5 Å². The van der Waals surface area contributed by atoms with Crippen molar-refractivity contribution in [1.82, 2.24) is 24.2 Å². The first-order valence-corrected chi connectivity index (χ1v) is 13.2. The first-order chi connectivity index (χ1) is 18.8. The van der Waals surface area contributed by atoms with Crippen LogP contribution in [0.4, 0.5) is 5.69 Å². The van der Waals surface area contributed by atoms with Crippen molar-refractivity contribution < 1.29 is 14.7 Å². The Labute approximate surface area is 224 Å². The van der Waals surface area contributed by atoms with Crippen LogP contribution in [-0.4, -0.2) is 59.8 Å². The van der Waals surface area contributed by atoms with Gasteiger partial charge in [-0.15, -0.1) is 0 Å². The molecule has 10 heteroatoms. The second-order valence-corrected chi connectivity index (χ2v) is 10.7. The number of aryl methyl sites for hydroxylation is 1. The molecule has 2 aromatic heterocycles. The van der Waals surface area contributed by atoms with Gasteiger partial charge < -0.3 is 15.3 Å². The maximum Gasteiger partial charge on any atom is 0.264 e. The predicted octanol–water partition coefficient (Wildman–Crippen LogP) is 2.91. The minimum Gasteiger partial charge on any atom is -0.388 e. The summed E-state index contributed by atoms with van der Waals surface area (Å²) >= 11 is 0. The number of anilines is 1. The molecule has 1 saturated carbocycles. The standard InChI is InChI=1S/C29H30N6O4/c1-19-5-7-20(8-6-19)26(36)32-22-3-2-4-23(15-22)35-25-24(16-31-35)28(38)34(18-30-25)17-29(39)11-13-33(14-12-29)27(37)21-9-10-21/h2-8,15-16,18,21,39H,9-14,17H2,1H3,(H,32,36). The van der Waals surface area contributed by atoms with E-state index in [-0.39, 0.29) is 29.8 Å². The van der Waals surface area contributed by atoms with Crippen molar-refractivity contribution in [3.63, 3.8) is 0 Å². The molecule has 1 saturated heterocycles. The molecule has 2 aliphatic rings. The van der Waals surface area contributed by atoms with E-state index in [1.165, 1.54) is 17.1 Å². The number of carbonyl (C=O) groups is 2. The third-order valence-electron chi connectivity index (χ3n) is 7.61. The highest BCUT2D eigenvalue weighted by Gasteiger charge is 2.39. The molecule has 2 fully saturated rings. The van der Waals surface area contributed by atoms with E-state index in [1.807, 2.05) is 30.0 Å². The fraction of sp³-hybridized carbons (Fsp3) is 0.345. The number of rotatable bonds is 6. The summed E-state index contributed by atoms with van der Waals surface area (Å²) in [5.74, 6) is 0.120. The molecule has 3 heterocycles. The Kier molecular flexibility index (Phi) is 6.26. The monoisotopic (exact) mass is 526 g/mol. The van der Waals surface area contributed by atoms with E-state index < -0.39 is 5.60 Å². The molecule has 0 radical (unpaired) electrons. The van der Waals surface area contributed by atoms with E-state index in [2.05, 4.69) is 15.4 Å². The van der Waals surface area contributed by atoms with Crippen molar-refractivity contribution in [3.05, 3.63) is 82.5 Å². The Hall–Kier alpha value is -4.31. The lowest BCUT2D eigenvalue weighted by Crippen LogP contribution is -2.50. The molecule has 0 spiro atoms. The number of aromatic nitrogens is 4. The Morgan fingerprint density at radius 2 is 1.85 bits per heavy atom. The molecule has 1 aliphatic carbocycles. The van der Waals surface area contributed by atoms with Gasteiger partial charge in [0.05, 0.1) is 24.0 Å². The van der Waals surface area contributed by atoms with Gasteiger partial charge in [0.15, 0.2) is 5.65 Å². The average Bonchev–Trinajstić information content (AvgIpc) is 3.69. The van der Waals surface area contributed by atoms with E-state index in [1.54, 1.807) is 35.0 Å². The number of piperidine rings is 1. The number of fused-ring (bicyclic) bond motifs is 1. The zero-order valence-corrected chi connectivity index (χ0v) is 21.7. The van der Waals surface area contributed by atoms with Crippen LogP contribution in [0.1, 0.15) is 41.6 Å². The number of nitrogens with zero attached hydrogens (tertiary/aromatic N) is 5. The number of hydrogen-bond donors (Lipinski definition) is 2. The summed E-state index contributed by atoms with van der Waals surface area (Å²) in [5.41, 5.74) is 1.87. The van der Waals surface area contributed by atoms with Crippen LogP contribution >= 0.6 is 0 Å². The van der Waals surface area contributed by atoms with Gasteiger partial charge >= 0.3 is 0 Å². The summed E-state index contributed by atoms with van der Waals surface area (Å²) in [5, 5.41) is 18.8. The lowest BCUT2D eigenvalue weighted by molar-refractivity contribution is -0.137. The minimum atomic E-state index is -1.08. The van der Waals surface area contributed by atoms with Gasteiger partial charge in [-0.2, -0.15) is 5.10 Å². The summed E-state index contributed by atoms with van der Waals surface area (Å²) in [7, 11) is 0. The van der Waals surface area contributed by atoms with E-state index in [0.717, 1.165) is 18.4 Å². The minimum absolute atomic E-state index is 0.103. The summed E-state index contributed by atoms with van der Waals surface area (Å²) in [6.45, 7) is 3.05. The van der Waals surface area contributed by atoms with Gasteiger partial charge in [0, 0.05) is 30.3 Å². The smallest absolute Gasteiger partial charge is 0.264 e. The van der Waals surface area contributed by atoms with Crippen molar-refractivity contribution in [3.8, 4) is 5.69 Å². The largest absolute Gasteiger partial charge is 0.388 e. The van der Waals surface area contributed by atoms with E-state index >= 15 is 0 Å². The molecule has 2 amide bonds.